The van der Waals surface area contributed by atoms with Gasteiger partial charge in [-0.1, -0.05) is 6.92 Å². The molecular weight excluding hydrogens is 227 g/mol. The maximum absolute atomic E-state index is 5.57. The van der Waals surface area contributed by atoms with Crippen molar-refractivity contribution in [1.29, 1.82) is 0 Å². The molecule has 0 rings (SSSR count). The quantitative estimate of drug-likeness (QED) is 0.353. The van der Waals surface area contributed by atoms with Gasteiger partial charge in [-0.25, -0.2) is 0 Å². The summed E-state index contributed by atoms with van der Waals surface area (Å²) >= 11 is 11.1. The van der Waals surface area contributed by atoms with Gasteiger partial charge in [-0.15, -0.1) is 23.2 Å². The zero-order valence-corrected chi connectivity index (χ0v) is 10.8. The highest BCUT2D eigenvalue weighted by molar-refractivity contribution is 6.44. The van der Waals surface area contributed by atoms with Crippen LogP contribution in [0.5, 0.6) is 0 Å². The van der Waals surface area contributed by atoms with Gasteiger partial charge in [-0.3, -0.25) is 0 Å². The van der Waals surface area contributed by atoms with E-state index in [-0.39, 0.29) is 0 Å². The molecule has 80 valence electrons. The van der Waals surface area contributed by atoms with Gasteiger partial charge in [0.1, 0.15) is 0 Å². The minimum atomic E-state index is -1.39. The van der Waals surface area contributed by atoms with Crippen molar-refractivity contribution in [3.05, 3.63) is 0 Å². The Balaban J connectivity index is 3.28. The van der Waals surface area contributed by atoms with E-state index in [0.29, 0.717) is 11.8 Å². The number of alkyl halides is 2. The standard InChI is InChI=1S/C8H18Cl2O2Si/c1-2-13(11-7-3-5-9)12-8-4-6-10/h13H,2-8H2,1H3. The second-order valence-electron chi connectivity index (χ2n) is 2.66. The first-order chi connectivity index (χ1) is 6.35. The molecule has 0 aromatic carbocycles. The van der Waals surface area contributed by atoms with Crippen LogP contribution in [0.2, 0.25) is 6.04 Å². The number of hydrogen-bond acceptors (Lipinski definition) is 2. The van der Waals surface area contributed by atoms with Gasteiger partial charge in [0, 0.05) is 25.0 Å². The lowest BCUT2D eigenvalue weighted by Gasteiger charge is -2.14. The summed E-state index contributed by atoms with van der Waals surface area (Å²) in [5.41, 5.74) is 0. The van der Waals surface area contributed by atoms with Crippen LogP contribution in [0.3, 0.4) is 0 Å². The van der Waals surface area contributed by atoms with Crippen LogP contribution >= 0.6 is 23.2 Å². The Hall–Kier alpha value is 0.717. The summed E-state index contributed by atoms with van der Waals surface area (Å²) in [4.78, 5) is 0. The molecule has 0 fully saturated rings. The Kier molecular flexibility index (Phi) is 11.4. The van der Waals surface area contributed by atoms with Gasteiger partial charge in [0.05, 0.1) is 0 Å². The lowest BCUT2D eigenvalue weighted by Crippen LogP contribution is -2.23. The van der Waals surface area contributed by atoms with Gasteiger partial charge < -0.3 is 8.85 Å². The van der Waals surface area contributed by atoms with Gasteiger partial charge in [0.15, 0.2) is 0 Å². The van der Waals surface area contributed by atoms with E-state index in [0.717, 1.165) is 32.1 Å². The molecule has 0 atom stereocenters. The highest BCUT2D eigenvalue weighted by Crippen LogP contribution is 1.99. The van der Waals surface area contributed by atoms with Crippen molar-refractivity contribution < 1.29 is 8.85 Å². The van der Waals surface area contributed by atoms with Crippen LogP contribution in [0, 0.1) is 0 Å². The fourth-order valence-electron chi connectivity index (χ4n) is 0.822. The van der Waals surface area contributed by atoms with Gasteiger partial charge in [0.2, 0.25) is 0 Å². The second-order valence-corrected chi connectivity index (χ2v) is 5.76. The van der Waals surface area contributed by atoms with E-state index in [1.165, 1.54) is 0 Å². The first-order valence-electron chi connectivity index (χ1n) is 4.70. The van der Waals surface area contributed by atoms with Crippen LogP contribution in [0.25, 0.3) is 0 Å². The van der Waals surface area contributed by atoms with Crippen molar-refractivity contribution in [2.24, 2.45) is 0 Å². The Bertz CT molecular complexity index is 96.1. The summed E-state index contributed by atoms with van der Waals surface area (Å²) in [6, 6.07) is 1.00. The molecule has 0 aromatic heterocycles. The van der Waals surface area contributed by atoms with Crippen molar-refractivity contribution in [1.82, 2.24) is 0 Å². The maximum atomic E-state index is 5.57. The molecule has 0 bridgehead atoms. The van der Waals surface area contributed by atoms with E-state index < -0.39 is 9.28 Å². The Morgan fingerprint density at radius 3 is 1.77 bits per heavy atom. The topological polar surface area (TPSA) is 18.5 Å². The fourth-order valence-corrected chi connectivity index (χ4v) is 2.47. The highest BCUT2D eigenvalue weighted by atomic mass is 35.5. The van der Waals surface area contributed by atoms with Crippen LogP contribution in [0.4, 0.5) is 0 Å². The summed E-state index contributed by atoms with van der Waals surface area (Å²) in [6.07, 6.45) is 1.81. The first kappa shape index (κ1) is 13.7. The summed E-state index contributed by atoms with van der Waals surface area (Å²) in [6.45, 7) is 3.56. The zero-order chi connectivity index (χ0) is 9.94. The van der Waals surface area contributed by atoms with Crippen molar-refractivity contribution >= 4 is 32.5 Å². The largest absolute Gasteiger partial charge is 0.396 e. The predicted octanol–water partition coefficient (Wildman–Crippen LogP) is 2.52. The third-order valence-electron chi connectivity index (χ3n) is 1.50. The van der Waals surface area contributed by atoms with Crippen molar-refractivity contribution in [2.75, 3.05) is 25.0 Å². The van der Waals surface area contributed by atoms with Crippen LogP contribution < -0.4 is 0 Å². The molecule has 0 saturated heterocycles. The molecule has 0 saturated carbocycles. The third-order valence-corrected chi connectivity index (χ3v) is 3.91. The molecule has 0 spiro atoms. The normalized spacial score (nSPS) is 11.1. The molecule has 0 heterocycles. The zero-order valence-electron chi connectivity index (χ0n) is 8.10. The van der Waals surface area contributed by atoms with E-state index in [9.17, 15) is 0 Å². The average molecular weight is 245 g/mol. The van der Waals surface area contributed by atoms with E-state index in [2.05, 4.69) is 6.92 Å². The Morgan fingerprint density at radius 1 is 1.00 bits per heavy atom. The molecule has 0 unspecified atom stereocenters. The van der Waals surface area contributed by atoms with Crippen LogP contribution in [0.1, 0.15) is 19.8 Å². The molecule has 0 aliphatic rings. The smallest absolute Gasteiger partial charge is 0.321 e. The third kappa shape index (κ3) is 9.03. The number of hydrogen-bond donors (Lipinski definition) is 0. The van der Waals surface area contributed by atoms with Gasteiger partial charge in [0.25, 0.3) is 0 Å². The van der Waals surface area contributed by atoms with Crippen molar-refractivity contribution in [2.45, 2.75) is 25.8 Å². The maximum Gasteiger partial charge on any atom is 0.321 e. The van der Waals surface area contributed by atoms with Gasteiger partial charge in [-0.2, -0.15) is 0 Å². The molecule has 0 aliphatic carbocycles. The minimum Gasteiger partial charge on any atom is -0.396 e. The Morgan fingerprint density at radius 2 is 1.46 bits per heavy atom. The summed E-state index contributed by atoms with van der Waals surface area (Å²) in [5, 5.41) is 0. The molecule has 0 N–H and O–H groups in total. The van der Waals surface area contributed by atoms with Gasteiger partial charge >= 0.3 is 9.28 Å². The lowest BCUT2D eigenvalue weighted by atomic mass is 10.5. The average Bonchev–Trinajstić information content (AvgIpc) is 2.16. The van der Waals surface area contributed by atoms with Crippen LogP contribution in [0.15, 0.2) is 0 Å². The number of halogens is 2. The van der Waals surface area contributed by atoms with E-state index in [4.69, 9.17) is 32.1 Å². The molecular formula is C8H18Cl2O2Si. The SMILES string of the molecule is CC[SiH](OCCCCl)OCCCCl. The fraction of sp³-hybridized carbons (Fsp3) is 1.00. The minimum absolute atomic E-state index is 0.659. The Labute approximate surface area is 92.4 Å². The number of rotatable bonds is 9. The molecule has 0 radical (unpaired) electrons. The second kappa shape index (κ2) is 10.8. The monoisotopic (exact) mass is 244 g/mol. The summed E-state index contributed by atoms with van der Waals surface area (Å²) in [7, 11) is -1.39. The van der Waals surface area contributed by atoms with Crippen LogP contribution in [-0.2, 0) is 8.85 Å². The van der Waals surface area contributed by atoms with E-state index in [1.807, 2.05) is 0 Å². The molecule has 0 amide bonds. The molecule has 5 heteroatoms. The molecule has 2 nitrogen and oxygen atoms in total. The summed E-state index contributed by atoms with van der Waals surface area (Å²) in [5.74, 6) is 1.32. The predicted molar refractivity (Wildman–Crippen MR) is 60.2 cm³/mol. The van der Waals surface area contributed by atoms with Crippen molar-refractivity contribution in [3.63, 3.8) is 0 Å². The molecule has 13 heavy (non-hydrogen) atoms. The summed E-state index contributed by atoms with van der Waals surface area (Å²) < 4.78 is 11.1. The van der Waals surface area contributed by atoms with Gasteiger partial charge in [-0.05, 0) is 18.9 Å². The molecule has 0 aliphatic heterocycles. The molecule has 0 aromatic rings. The first-order valence-corrected chi connectivity index (χ1v) is 7.53. The van der Waals surface area contributed by atoms with Crippen molar-refractivity contribution in [3.8, 4) is 0 Å². The van der Waals surface area contributed by atoms with Crippen LogP contribution in [-0.4, -0.2) is 34.3 Å². The van der Waals surface area contributed by atoms with E-state index in [1.54, 1.807) is 0 Å². The lowest BCUT2D eigenvalue weighted by molar-refractivity contribution is 0.198. The highest BCUT2D eigenvalue weighted by Gasteiger charge is 2.09. The van der Waals surface area contributed by atoms with E-state index >= 15 is 0 Å².